The van der Waals surface area contributed by atoms with E-state index in [1.165, 1.54) is 10.9 Å². The number of hydrazone groups is 1. The van der Waals surface area contributed by atoms with Crippen LogP contribution in [0.1, 0.15) is 18.8 Å². The largest absolute Gasteiger partial charge is 0.394 e. The number of aliphatic hydroxyl groups is 3. The lowest BCUT2D eigenvalue weighted by Gasteiger charge is -2.18. The molecule has 152 valence electrons. The molecule has 0 radical (unpaired) electrons. The smallest absolute Gasteiger partial charge is 0.228 e. The van der Waals surface area contributed by atoms with Gasteiger partial charge in [-0.3, -0.25) is 9.55 Å². The third-order valence-electron chi connectivity index (χ3n) is 4.64. The summed E-state index contributed by atoms with van der Waals surface area (Å²) < 4.78 is 7.05. The monoisotopic (exact) mass is 400 g/mol. The molecule has 0 bridgehead atoms. The van der Waals surface area contributed by atoms with Crippen molar-refractivity contribution in [1.82, 2.24) is 24.5 Å². The molecule has 0 amide bonds. The number of nitrogen functional groups attached to an aromatic ring is 1. The second-order valence-corrected chi connectivity index (χ2v) is 6.49. The van der Waals surface area contributed by atoms with E-state index in [2.05, 4.69) is 30.5 Å². The second-order valence-electron chi connectivity index (χ2n) is 6.49. The van der Waals surface area contributed by atoms with Crippen molar-refractivity contribution < 1.29 is 20.1 Å². The SMILES string of the molecule is C/C(=N\Nc1nc2c(N)ncnc2n1C1OC(CO)C(O)C1O)c1ccccn1. The van der Waals surface area contributed by atoms with E-state index in [-0.39, 0.29) is 22.9 Å². The van der Waals surface area contributed by atoms with Gasteiger partial charge in [0.1, 0.15) is 24.6 Å². The van der Waals surface area contributed by atoms with Gasteiger partial charge in [-0.15, -0.1) is 0 Å². The fraction of sp³-hybridized carbons (Fsp3) is 0.353. The van der Waals surface area contributed by atoms with Crippen LogP contribution in [0.3, 0.4) is 0 Å². The van der Waals surface area contributed by atoms with Crippen LogP contribution in [0.5, 0.6) is 0 Å². The molecule has 4 unspecified atom stereocenters. The van der Waals surface area contributed by atoms with E-state index in [9.17, 15) is 15.3 Å². The molecule has 12 heteroatoms. The highest BCUT2D eigenvalue weighted by molar-refractivity contribution is 5.97. The number of hydrogen-bond donors (Lipinski definition) is 5. The van der Waals surface area contributed by atoms with Crippen LogP contribution in [-0.4, -0.2) is 70.5 Å². The summed E-state index contributed by atoms with van der Waals surface area (Å²) >= 11 is 0. The lowest BCUT2D eigenvalue weighted by atomic mass is 10.1. The molecule has 1 saturated heterocycles. The molecule has 3 aromatic heterocycles. The molecule has 6 N–H and O–H groups in total. The first-order valence-electron chi connectivity index (χ1n) is 8.83. The van der Waals surface area contributed by atoms with Crippen LogP contribution in [-0.2, 0) is 4.74 Å². The molecule has 12 nitrogen and oxygen atoms in total. The van der Waals surface area contributed by atoms with Gasteiger partial charge in [0.2, 0.25) is 5.95 Å². The van der Waals surface area contributed by atoms with E-state index in [0.717, 1.165) is 0 Å². The minimum absolute atomic E-state index is 0.133. The molecule has 0 aliphatic carbocycles. The number of nitrogens with one attached hydrogen (secondary N) is 1. The molecule has 3 aromatic rings. The number of imidazole rings is 1. The first-order chi connectivity index (χ1) is 14.0. The van der Waals surface area contributed by atoms with Gasteiger partial charge in [-0.1, -0.05) is 6.07 Å². The highest BCUT2D eigenvalue weighted by Gasteiger charge is 2.45. The summed E-state index contributed by atoms with van der Waals surface area (Å²) in [6.07, 6.45) is -1.74. The Morgan fingerprint density at radius 3 is 2.79 bits per heavy atom. The summed E-state index contributed by atoms with van der Waals surface area (Å²) in [5, 5.41) is 34.3. The summed E-state index contributed by atoms with van der Waals surface area (Å²) in [4.78, 5) is 16.7. The second kappa shape index (κ2) is 7.67. The van der Waals surface area contributed by atoms with E-state index in [0.29, 0.717) is 11.4 Å². The minimum atomic E-state index is -1.33. The molecule has 4 heterocycles. The number of nitrogens with two attached hydrogens (primary N) is 1. The van der Waals surface area contributed by atoms with E-state index in [4.69, 9.17) is 10.5 Å². The first-order valence-corrected chi connectivity index (χ1v) is 8.83. The Labute approximate surface area is 164 Å². The maximum atomic E-state index is 10.5. The normalized spacial score (nSPS) is 24.9. The lowest BCUT2D eigenvalue weighted by Crippen LogP contribution is -2.33. The van der Waals surface area contributed by atoms with Gasteiger partial charge in [0.15, 0.2) is 23.2 Å². The van der Waals surface area contributed by atoms with Gasteiger partial charge in [0.05, 0.1) is 18.0 Å². The van der Waals surface area contributed by atoms with Crippen molar-refractivity contribution in [2.24, 2.45) is 5.10 Å². The predicted molar refractivity (Wildman–Crippen MR) is 103 cm³/mol. The van der Waals surface area contributed by atoms with Crippen molar-refractivity contribution in [1.29, 1.82) is 0 Å². The van der Waals surface area contributed by atoms with Gasteiger partial charge in [-0.05, 0) is 19.1 Å². The van der Waals surface area contributed by atoms with Gasteiger partial charge in [0.25, 0.3) is 0 Å². The molecule has 4 atom stereocenters. The molecular weight excluding hydrogens is 380 g/mol. The van der Waals surface area contributed by atoms with Crippen LogP contribution in [0.25, 0.3) is 11.2 Å². The summed E-state index contributed by atoms with van der Waals surface area (Å²) in [6, 6.07) is 5.44. The number of aromatic nitrogens is 5. The average Bonchev–Trinajstić information content (AvgIpc) is 3.25. The van der Waals surface area contributed by atoms with Gasteiger partial charge >= 0.3 is 0 Å². The molecule has 0 aromatic carbocycles. The van der Waals surface area contributed by atoms with Crippen LogP contribution < -0.4 is 11.2 Å². The molecule has 0 saturated carbocycles. The molecule has 29 heavy (non-hydrogen) atoms. The molecule has 1 fully saturated rings. The van der Waals surface area contributed by atoms with Crippen molar-refractivity contribution in [2.75, 3.05) is 17.8 Å². The van der Waals surface area contributed by atoms with E-state index in [1.807, 2.05) is 6.07 Å². The Bertz CT molecular complexity index is 1040. The molecular formula is C17H20N8O4. The quantitative estimate of drug-likeness (QED) is 0.270. The third kappa shape index (κ3) is 3.38. The summed E-state index contributed by atoms with van der Waals surface area (Å²) in [5.41, 5.74) is 10.5. The summed E-state index contributed by atoms with van der Waals surface area (Å²) in [6.45, 7) is 1.31. The van der Waals surface area contributed by atoms with Crippen molar-refractivity contribution in [3.63, 3.8) is 0 Å². The van der Waals surface area contributed by atoms with Crippen molar-refractivity contribution >= 4 is 28.6 Å². The van der Waals surface area contributed by atoms with E-state index < -0.39 is 31.1 Å². The molecule has 0 spiro atoms. The van der Waals surface area contributed by atoms with Gasteiger partial charge in [-0.25, -0.2) is 20.4 Å². The Kier molecular flexibility index (Phi) is 5.07. The fourth-order valence-electron chi connectivity index (χ4n) is 3.11. The number of anilines is 2. The lowest BCUT2D eigenvalue weighted by molar-refractivity contribution is -0.0501. The molecule has 4 rings (SSSR count). The number of nitrogens with zero attached hydrogens (tertiary/aromatic N) is 6. The zero-order valence-electron chi connectivity index (χ0n) is 15.4. The first kappa shape index (κ1) is 19.1. The number of ether oxygens (including phenoxy) is 1. The zero-order valence-corrected chi connectivity index (χ0v) is 15.4. The maximum Gasteiger partial charge on any atom is 0.228 e. The van der Waals surface area contributed by atoms with E-state index in [1.54, 1.807) is 25.3 Å². The Morgan fingerprint density at radius 1 is 1.28 bits per heavy atom. The van der Waals surface area contributed by atoms with Crippen molar-refractivity contribution in [2.45, 2.75) is 31.5 Å². The Hall–Kier alpha value is -3.19. The highest BCUT2D eigenvalue weighted by atomic mass is 16.6. The Morgan fingerprint density at radius 2 is 2.10 bits per heavy atom. The van der Waals surface area contributed by atoms with Gasteiger partial charge < -0.3 is 25.8 Å². The minimum Gasteiger partial charge on any atom is -0.394 e. The third-order valence-corrected chi connectivity index (χ3v) is 4.64. The van der Waals surface area contributed by atoms with Crippen LogP contribution in [0.4, 0.5) is 11.8 Å². The van der Waals surface area contributed by atoms with Crippen LogP contribution >= 0.6 is 0 Å². The van der Waals surface area contributed by atoms with Crippen LogP contribution in [0.15, 0.2) is 35.8 Å². The van der Waals surface area contributed by atoms with Crippen molar-refractivity contribution in [3.05, 3.63) is 36.4 Å². The molecule has 1 aliphatic heterocycles. The van der Waals surface area contributed by atoms with E-state index >= 15 is 0 Å². The number of pyridine rings is 1. The number of aliphatic hydroxyl groups excluding tert-OH is 3. The fourth-order valence-corrected chi connectivity index (χ4v) is 3.11. The number of rotatable bonds is 5. The predicted octanol–water partition coefficient (Wildman–Crippen LogP) is -0.749. The number of hydrogen-bond acceptors (Lipinski definition) is 11. The summed E-state index contributed by atoms with van der Waals surface area (Å²) in [5.74, 6) is 0.297. The van der Waals surface area contributed by atoms with Gasteiger partial charge in [-0.2, -0.15) is 5.10 Å². The maximum absolute atomic E-state index is 10.5. The van der Waals surface area contributed by atoms with Gasteiger partial charge in [0, 0.05) is 6.20 Å². The van der Waals surface area contributed by atoms with Crippen molar-refractivity contribution in [3.8, 4) is 0 Å². The molecule has 1 aliphatic rings. The van der Waals surface area contributed by atoms with Crippen LogP contribution in [0.2, 0.25) is 0 Å². The Balaban J connectivity index is 1.76. The highest BCUT2D eigenvalue weighted by Crippen LogP contribution is 2.35. The summed E-state index contributed by atoms with van der Waals surface area (Å²) in [7, 11) is 0. The van der Waals surface area contributed by atoms with Crippen LogP contribution in [0, 0.1) is 0 Å². The topological polar surface area (TPSA) is 177 Å². The average molecular weight is 400 g/mol. The zero-order chi connectivity index (χ0) is 20.5. The standard InChI is InChI=1S/C17H20N8O4/c1-8(9-4-2-3-5-19-9)23-24-17-22-11-14(18)20-7-21-15(11)25(17)16-13(28)12(27)10(6-26)29-16/h2-5,7,10,12-13,16,26-28H,6H2,1H3,(H,22,24)(H2,18,20,21)/b23-8+. The number of fused-ring (bicyclic) bond motifs is 1.